The van der Waals surface area contributed by atoms with Gasteiger partial charge in [0.1, 0.15) is 0 Å². The summed E-state index contributed by atoms with van der Waals surface area (Å²) in [6.45, 7) is 0. The van der Waals surface area contributed by atoms with Crippen molar-refractivity contribution in [2.45, 2.75) is 0 Å². The highest BCUT2D eigenvalue weighted by Crippen LogP contribution is 2.42. The number of hydrogen-bond donors (Lipinski definition) is 0. The van der Waals surface area contributed by atoms with Crippen LogP contribution < -0.4 is 9.80 Å². The van der Waals surface area contributed by atoms with E-state index >= 15 is 0 Å². The van der Waals surface area contributed by atoms with Crippen molar-refractivity contribution >= 4 is 55.7 Å². The fraction of sp³-hybridized carbons (Fsp3) is 0. The van der Waals surface area contributed by atoms with Gasteiger partial charge in [0.25, 0.3) is 0 Å². The van der Waals surface area contributed by atoms with Crippen LogP contribution in [0.3, 0.4) is 0 Å². The second-order valence-electron chi connectivity index (χ2n) is 16.2. The Morgan fingerprint density at radius 1 is 0.188 bits per heavy atom. The fourth-order valence-electron chi connectivity index (χ4n) is 9.03. The quantitative estimate of drug-likeness (QED) is 0.127. The van der Waals surface area contributed by atoms with Crippen LogP contribution in [0.1, 0.15) is 0 Å². The summed E-state index contributed by atoms with van der Waals surface area (Å²) in [5.41, 5.74) is 16.2. The van der Waals surface area contributed by atoms with E-state index in [0.29, 0.717) is 0 Å². The molecule has 0 amide bonds. The monoisotopic (exact) mass is 816 g/mol. The van der Waals surface area contributed by atoms with Crippen molar-refractivity contribution in [2.24, 2.45) is 0 Å². The highest BCUT2D eigenvalue weighted by molar-refractivity contribution is 6.14. The molecule has 11 rings (SSSR count). The van der Waals surface area contributed by atoms with Gasteiger partial charge in [-0.3, -0.25) is 0 Å². The van der Waals surface area contributed by atoms with Crippen molar-refractivity contribution in [1.82, 2.24) is 0 Å². The first kappa shape index (κ1) is 38.5. The molecule has 0 N–H and O–H groups in total. The summed E-state index contributed by atoms with van der Waals surface area (Å²) >= 11 is 0. The summed E-state index contributed by atoms with van der Waals surface area (Å²) < 4.78 is 0. The minimum Gasteiger partial charge on any atom is -0.311 e. The van der Waals surface area contributed by atoms with Crippen LogP contribution in [0.15, 0.2) is 267 Å². The molecule has 2 nitrogen and oxygen atoms in total. The number of rotatable bonds is 10. The van der Waals surface area contributed by atoms with E-state index in [2.05, 4.69) is 277 Å². The minimum atomic E-state index is 1.10. The van der Waals surface area contributed by atoms with Crippen molar-refractivity contribution in [1.29, 1.82) is 0 Å². The molecule has 0 spiro atoms. The van der Waals surface area contributed by atoms with Crippen LogP contribution in [0, 0.1) is 0 Å². The maximum Gasteiger partial charge on any atom is 0.0468 e. The summed E-state index contributed by atoms with van der Waals surface area (Å²) in [6, 6.07) is 96.1. The van der Waals surface area contributed by atoms with Crippen LogP contribution in [0.4, 0.5) is 34.1 Å². The van der Waals surface area contributed by atoms with Crippen molar-refractivity contribution in [3.63, 3.8) is 0 Å². The number of benzene rings is 11. The number of nitrogens with zero attached hydrogens (tertiary/aromatic N) is 2. The lowest BCUT2D eigenvalue weighted by Gasteiger charge is -2.26. The third kappa shape index (κ3) is 7.59. The highest BCUT2D eigenvalue weighted by Gasteiger charge is 2.17. The molecular weight excluding hydrogens is 773 g/mol. The largest absolute Gasteiger partial charge is 0.311 e. The Hall–Kier alpha value is -8.46. The molecule has 0 bridgehead atoms. The van der Waals surface area contributed by atoms with E-state index in [1.54, 1.807) is 0 Å². The molecule has 0 radical (unpaired) electrons. The lowest BCUT2D eigenvalue weighted by Crippen LogP contribution is -2.09. The SMILES string of the molecule is c1ccc(-c2ccc(N(c3ccccc3)c3ccc(-c4ccc(-c5ccc(N(c6ccccc6)c6ccc7c(c6)c(-c6ccccc6)cc6ccccc67)cc5)cc4)cc3)cc2)cc1. The summed E-state index contributed by atoms with van der Waals surface area (Å²) in [4.78, 5) is 4.67. The van der Waals surface area contributed by atoms with Crippen molar-refractivity contribution in [3.8, 4) is 44.5 Å². The molecule has 0 saturated heterocycles. The summed E-state index contributed by atoms with van der Waals surface area (Å²) in [6.07, 6.45) is 0. The van der Waals surface area contributed by atoms with Gasteiger partial charge in [0.15, 0.2) is 0 Å². The lowest BCUT2D eigenvalue weighted by atomic mass is 9.92. The van der Waals surface area contributed by atoms with Gasteiger partial charge in [0, 0.05) is 34.1 Å². The van der Waals surface area contributed by atoms with Crippen LogP contribution >= 0.6 is 0 Å². The van der Waals surface area contributed by atoms with E-state index < -0.39 is 0 Å². The van der Waals surface area contributed by atoms with Crippen LogP contribution in [0.25, 0.3) is 66.1 Å². The molecule has 11 aromatic rings. The Kier molecular flexibility index (Phi) is 10.3. The molecule has 0 unspecified atom stereocenters. The number of para-hydroxylation sites is 2. The second-order valence-corrected chi connectivity index (χ2v) is 16.2. The summed E-state index contributed by atoms with van der Waals surface area (Å²) in [5.74, 6) is 0. The van der Waals surface area contributed by atoms with Gasteiger partial charge < -0.3 is 9.80 Å². The van der Waals surface area contributed by atoms with Gasteiger partial charge in [0.05, 0.1) is 0 Å². The molecule has 0 saturated carbocycles. The molecule has 0 aliphatic rings. The van der Waals surface area contributed by atoms with Crippen molar-refractivity contribution < 1.29 is 0 Å². The Bertz CT molecular complexity index is 3310. The van der Waals surface area contributed by atoms with Gasteiger partial charge >= 0.3 is 0 Å². The maximum absolute atomic E-state index is 2.36. The van der Waals surface area contributed by atoms with E-state index in [1.165, 1.54) is 66.1 Å². The number of hydrogen-bond acceptors (Lipinski definition) is 2. The molecule has 0 fully saturated rings. The van der Waals surface area contributed by atoms with Gasteiger partial charge in [-0.1, -0.05) is 188 Å². The molecule has 64 heavy (non-hydrogen) atoms. The van der Waals surface area contributed by atoms with Gasteiger partial charge in [-0.05, 0) is 145 Å². The smallest absolute Gasteiger partial charge is 0.0468 e. The normalized spacial score (nSPS) is 11.1. The van der Waals surface area contributed by atoms with Crippen LogP contribution in [0.2, 0.25) is 0 Å². The van der Waals surface area contributed by atoms with E-state index in [1.807, 2.05) is 0 Å². The third-order valence-electron chi connectivity index (χ3n) is 12.3. The third-order valence-corrected chi connectivity index (χ3v) is 12.3. The first-order valence-corrected chi connectivity index (χ1v) is 21.9. The van der Waals surface area contributed by atoms with E-state index in [0.717, 1.165) is 34.1 Å². The molecule has 0 aliphatic heterocycles. The zero-order valence-corrected chi connectivity index (χ0v) is 35.3. The topological polar surface area (TPSA) is 6.48 Å². The van der Waals surface area contributed by atoms with Gasteiger partial charge in [-0.15, -0.1) is 0 Å². The Morgan fingerprint density at radius 3 is 0.984 bits per heavy atom. The Labute approximate surface area is 375 Å². The van der Waals surface area contributed by atoms with Crippen LogP contribution in [-0.2, 0) is 0 Å². The fourth-order valence-corrected chi connectivity index (χ4v) is 9.03. The Balaban J connectivity index is 0.877. The number of anilines is 6. The van der Waals surface area contributed by atoms with Crippen LogP contribution in [0.5, 0.6) is 0 Å². The zero-order valence-electron chi connectivity index (χ0n) is 35.3. The lowest BCUT2D eigenvalue weighted by molar-refractivity contribution is 1.28. The first-order valence-electron chi connectivity index (χ1n) is 21.9. The standard InChI is InChI=1S/C62H44N2/c1-5-15-45(16-6-1)48-29-35-55(36-30-48)63(53-20-9-3-10-21-53)56-37-31-49(32-38-56)46-25-27-47(28-26-46)50-33-39-57(40-34-50)64(54-22-11-4-12-23-54)58-41-42-60-59-24-14-13-19-52(59)43-61(62(60)44-58)51-17-7-2-8-18-51/h1-44H. The van der Waals surface area contributed by atoms with Crippen molar-refractivity contribution in [2.75, 3.05) is 9.80 Å². The Morgan fingerprint density at radius 2 is 0.516 bits per heavy atom. The van der Waals surface area contributed by atoms with Crippen LogP contribution in [-0.4, -0.2) is 0 Å². The van der Waals surface area contributed by atoms with Gasteiger partial charge in [0.2, 0.25) is 0 Å². The molecular formula is C62H44N2. The summed E-state index contributed by atoms with van der Waals surface area (Å²) in [7, 11) is 0. The van der Waals surface area contributed by atoms with Gasteiger partial charge in [-0.25, -0.2) is 0 Å². The molecule has 0 aliphatic carbocycles. The predicted molar refractivity (Wildman–Crippen MR) is 273 cm³/mol. The zero-order chi connectivity index (χ0) is 42.7. The first-order chi connectivity index (χ1) is 31.7. The molecule has 11 aromatic carbocycles. The average Bonchev–Trinajstić information content (AvgIpc) is 3.38. The molecule has 2 heteroatoms. The number of fused-ring (bicyclic) bond motifs is 3. The summed E-state index contributed by atoms with van der Waals surface area (Å²) in [5, 5.41) is 4.99. The molecule has 0 heterocycles. The molecule has 0 aromatic heterocycles. The van der Waals surface area contributed by atoms with E-state index in [-0.39, 0.29) is 0 Å². The van der Waals surface area contributed by atoms with Gasteiger partial charge in [-0.2, -0.15) is 0 Å². The molecule has 0 atom stereocenters. The highest BCUT2D eigenvalue weighted by atomic mass is 15.1. The second kappa shape index (κ2) is 17.1. The van der Waals surface area contributed by atoms with E-state index in [4.69, 9.17) is 0 Å². The minimum absolute atomic E-state index is 1.10. The van der Waals surface area contributed by atoms with E-state index in [9.17, 15) is 0 Å². The maximum atomic E-state index is 2.36. The predicted octanol–water partition coefficient (Wildman–Crippen LogP) is 17.6. The van der Waals surface area contributed by atoms with Crippen molar-refractivity contribution in [3.05, 3.63) is 267 Å². The molecule has 302 valence electrons. The average molecular weight is 817 g/mol.